The van der Waals surface area contributed by atoms with E-state index in [2.05, 4.69) is 16.9 Å². The number of unbranched alkanes of at least 4 members (excludes halogenated alkanes) is 1. The van der Waals surface area contributed by atoms with Gasteiger partial charge in [0.1, 0.15) is 10.6 Å². The highest BCUT2D eigenvalue weighted by atomic mass is 32.2. The zero-order valence-corrected chi connectivity index (χ0v) is 13.0. The van der Waals surface area contributed by atoms with Crippen LogP contribution in [0.4, 0.5) is 0 Å². The van der Waals surface area contributed by atoms with Crippen LogP contribution >= 0.6 is 11.8 Å². The first kappa shape index (κ1) is 15.5. The lowest BCUT2D eigenvalue weighted by Gasteiger charge is -2.10. The summed E-state index contributed by atoms with van der Waals surface area (Å²) in [6.07, 6.45) is 2.11. The molecular formula is C16H18N2O2S. The maximum absolute atomic E-state index is 11.4. The van der Waals surface area contributed by atoms with E-state index in [0.717, 1.165) is 24.2 Å². The van der Waals surface area contributed by atoms with Gasteiger partial charge in [-0.25, -0.2) is 14.8 Å². The van der Waals surface area contributed by atoms with E-state index in [-0.39, 0.29) is 5.56 Å². The van der Waals surface area contributed by atoms with Crippen molar-refractivity contribution in [2.45, 2.75) is 31.7 Å². The van der Waals surface area contributed by atoms with Crippen LogP contribution in [-0.2, 0) is 0 Å². The highest BCUT2D eigenvalue weighted by Crippen LogP contribution is 2.27. The van der Waals surface area contributed by atoms with Gasteiger partial charge in [0.05, 0.1) is 5.69 Å². The number of nitrogens with zero attached hydrogens (tertiary/aromatic N) is 2. The molecule has 0 aliphatic carbocycles. The topological polar surface area (TPSA) is 63.1 Å². The zero-order valence-electron chi connectivity index (χ0n) is 12.2. The molecule has 0 unspecified atom stereocenters. The Labute approximate surface area is 128 Å². The first-order valence-electron chi connectivity index (χ1n) is 6.93. The number of thioether (sulfide) groups is 1. The molecular weight excluding hydrogens is 284 g/mol. The minimum atomic E-state index is -0.967. The minimum Gasteiger partial charge on any atom is -0.478 e. The summed E-state index contributed by atoms with van der Waals surface area (Å²) in [5.74, 6) is 0.477. The van der Waals surface area contributed by atoms with Gasteiger partial charge in [0.15, 0.2) is 5.82 Å². The normalized spacial score (nSPS) is 10.6. The van der Waals surface area contributed by atoms with E-state index in [4.69, 9.17) is 0 Å². The average Bonchev–Trinajstić information content (AvgIpc) is 2.47. The van der Waals surface area contributed by atoms with E-state index in [1.54, 1.807) is 6.92 Å². The Balaban J connectivity index is 2.43. The lowest BCUT2D eigenvalue weighted by Crippen LogP contribution is -2.08. The van der Waals surface area contributed by atoms with Gasteiger partial charge >= 0.3 is 5.97 Å². The third-order valence-electron chi connectivity index (χ3n) is 3.04. The van der Waals surface area contributed by atoms with Crippen molar-refractivity contribution in [3.63, 3.8) is 0 Å². The summed E-state index contributed by atoms with van der Waals surface area (Å²) in [4.78, 5) is 20.2. The molecule has 1 heterocycles. The van der Waals surface area contributed by atoms with E-state index in [9.17, 15) is 9.90 Å². The van der Waals surface area contributed by atoms with Gasteiger partial charge in [0.2, 0.25) is 0 Å². The Hall–Kier alpha value is -1.88. The molecule has 0 saturated carbocycles. The maximum Gasteiger partial charge on any atom is 0.340 e. The molecule has 0 amide bonds. The molecule has 2 rings (SSSR count). The molecule has 0 atom stereocenters. The van der Waals surface area contributed by atoms with Crippen molar-refractivity contribution in [2.75, 3.05) is 5.75 Å². The summed E-state index contributed by atoms with van der Waals surface area (Å²) in [5, 5.41) is 9.93. The molecule has 0 spiro atoms. The van der Waals surface area contributed by atoms with Gasteiger partial charge in [-0.3, -0.25) is 0 Å². The molecule has 5 heteroatoms. The van der Waals surface area contributed by atoms with Crippen LogP contribution in [0.2, 0.25) is 0 Å². The van der Waals surface area contributed by atoms with Crippen LogP contribution in [0.15, 0.2) is 35.4 Å². The van der Waals surface area contributed by atoms with Crippen LogP contribution in [0.5, 0.6) is 0 Å². The van der Waals surface area contributed by atoms with Gasteiger partial charge in [-0.05, 0) is 19.1 Å². The summed E-state index contributed by atoms with van der Waals surface area (Å²) in [6.45, 7) is 3.83. The number of rotatable bonds is 6. The van der Waals surface area contributed by atoms with E-state index in [1.165, 1.54) is 11.8 Å². The Morgan fingerprint density at radius 1 is 1.24 bits per heavy atom. The molecule has 0 aliphatic rings. The SMILES string of the molecule is CCCCSc1nc(-c2ccccc2)nc(C)c1C(=O)O. The first-order valence-corrected chi connectivity index (χ1v) is 7.92. The van der Waals surface area contributed by atoms with Crippen molar-refractivity contribution < 1.29 is 9.90 Å². The highest BCUT2D eigenvalue weighted by molar-refractivity contribution is 7.99. The minimum absolute atomic E-state index is 0.218. The van der Waals surface area contributed by atoms with Gasteiger partial charge in [-0.1, -0.05) is 43.7 Å². The standard InChI is InChI=1S/C16H18N2O2S/c1-3-4-10-21-15-13(16(19)20)11(2)17-14(18-15)12-8-6-5-7-9-12/h5-9H,3-4,10H2,1-2H3,(H,19,20). The summed E-state index contributed by atoms with van der Waals surface area (Å²) < 4.78 is 0. The van der Waals surface area contributed by atoms with E-state index >= 15 is 0 Å². The van der Waals surface area contributed by atoms with E-state index in [0.29, 0.717) is 16.5 Å². The fourth-order valence-corrected chi connectivity index (χ4v) is 3.08. The molecule has 0 saturated heterocycles. The maximum atomic E-state index is 11.4. The van der Waals surface area contributed by atoms with Crippen molar-refractivity contribution in [1.82, 2.24) is 9.97 Å². The van der Waals surface area contributed by atoms with Gasteiger partial charge in [0.25, 0.3) is 0 Å². The van der Waals surface area contributed by atoms with Crippen LogP contribution in [0.3, 0.4) is 0 Å². The molecule has 4 nitrogen and oxygen atoms in total. The molecule has 1 aromatic heterocycles. The zero-order chi connectivity index (χ0) is 15.2. The van der Waals surface area contributed by atoms with Gasteiger partial charge in [-0.15, -0.1) is 11.8 Å². The Morgan fingerprint density at radius 3 is 2.57 bits per heavy atom. The average molecular weight is 302 g/mol. The lowest BCUT2D eigenvalue weighted by molar-refractivity contribution is 0.0691. The van der Waals surface area contributed by atoms with Crippen molar-refractivity contribution in [3.8, 4) is 11.4 Å². The first-order chi connectivity index (χ1) is 10.1. The number of hydrogen-bond donors (Lipinski definition) is 1. The summed E-state index contributed by atoms with van der Waals surface area (Å²) in [6, 6.07) is 9.62. The van der Waals surface area contributed by atoms with Crippen LogP contribution in [-0.4, -0.2) is 26.8 Å². The third-order valence-corrected chi connectivity index (χ3v) is 4.10. The molecule has 0 fully saturated rings. The third kappa shape index (κ3) is 3.82. The van der Waals surface area contributed by atoms with Gasteiger partial charge in [0, 0.05) is 5.56 Å². The molecule has 0 aliphatic heterocycles. The second kappa shape index (κ2) is 7.22. The number of hydrogen-bond acceptors (Lipinski definition) is 4. The van der Waals surface area contributed by atoms with Crippen LogP contribution in [0.1, 0.15) is 35.8 Å². The molecule has 1 aromatic carbocycles. The molecule has 21 heavy (non-hydrogen) atoms. The molecule has 2 aromatic rings. The Morgan fingerprint density at radius 2 is 1.95 bits per heavy atom. The summed E-state index contributed by atoms with van der Waals surface area (Å²) >= 11 is 1.49. The van der Waals surface area contributed by atoms with Crippen LogP contribution in [0, 0.1) is 6.92 Å². The fraction of sp³-hybridized carbons (Fsp3) is 0.312. The van der Waals surface area contributed by atoms with Crippen molar-refractivity contribution in [3.05, 3.63) is 41.6 Å². The Bertz CT molecular complexity index is 630. The number of aromatic carboxylic acids is 1. The molecule has 0 radical (unpaired) electrons. The van der Waals surface area contributed by atoms with Crippen LogP contribution < -0.4 is 0 Å². The number of carbonyl (C=O) groups is 1. The van der Waals surface area contributed by atoms with Crippen molar-refractivity contribution in [1.29, 1.82) is 0 Å². The number of benzene rings is 1. The quantitative estimate of drug-likeness (QED) is 0.495. The second-order valence-electron chi connectivity index (χ2n) is 4.69. The summed E-state index contributed by atoms with van der Waals surface area (Å²) in [5.41, 5.74) is 1.63. The number of aryl methyl sites for hydroxylation is 1. The predicted molar refractivity (Wildman–Crippen MR) is 84.8 cm³/mol. The van der Waals surface area contributed by atoms with Crippen molar-refractivity contribution >= 4 is 17.7 Å². The highest BCUT2D eigenvalue weighted by Gasteiger charge is 2.18. The van der Waals surface area contributed by atoms with E-state index < -0.39 is 5.97 Å². The number of carboxylic acids is 1. The van der Waals surface area contributed by atoms with E-state index in [1.807, 2.05) is 30.3 Å². The molecule has 110 valence electrons. The van der Waals surface area contributed by atoms with Gasteiger partial charge < -0.3 is 5.11 Å². The van der Waals surface area contributed by atoms with Gasteiger partial charge in [-0.2, -0.15) is 0 Å². The fourth-order valence-electron chi connectivity index (χ4n) is 1.93. The number of aromatic nitrogens is 2. The van der Waals surface area contributed by atoms with Crippen molar-refractivity contribution in [2.24, 2.45) is 0 Å². The monoisotopic (exact) mass is 302 g/mol. The lowest BCUT2D eigenvalue weighted by atomic mass is 10.2. The second-order valence-corrected chi connectivity index (χ2v) is 5.77. The smallest absolute Gasteiger partial charge is 0.340 e. The summed E-state index contributed by atoms with van der Waals surface area (Å²) in [7, 11) is 0. The van der Waals surface area contributed by atoms with Crippen LogP contribution in [0.25, 0.3) is 11.4 Å². The molecule has 1 N–H and O–H groups in total. The molecule has 0 bridgehead atoms. The predicted octanol–water partition coefficient (Wildman–Crippen LogP) is 4.04. The number of carboxylic acid groups (broad SMARTS) is 1. The Kier molecular flexibility index (Phi) is 5.33. The largest absolute Gasteiger partial charge is 0.478 e.